The summed E-state index contributed by atoms with van der Waals surface area (Å²) in [4.78, 5) is 23.9. The van der Waals surface area contributed by atoms with Crippen molar-refractivity contribution in [2.24, 2.45) is 11.8 Å². The smallest absolute Gasteiger partial charge is 0.309 e. The fraction of sp³-hybridized carbons (Fsp3) is 0.900. The van der Waals surface area contributed by atoms with E-state index in [-0.39, 0.29) is 49.2 Å². The maximum atomic E-state index is 12.0. The van der Waals surface area contributed by atoms with Gasteiger partial charge in [-0.2, -0.15) is 0 Å². The van der Waals surface area contributed by atoms with E-state index >= 15 is 0 Å². The number of esters is 2. The number of hydrogen-bond donors (Lipinski definition) is 0. The lowest BCUT2D eigenvalue weighted by Crippen LogP contribution is -2.25. The molecule has 0 aromatic carbocycles. The van der Waals surface area contributed by atoms with Gasteiger partial charge in [-0.25, -0.2) is 0 Å². The summed E-state index contributed by atoms with van der Waals surface area (Å²) in [5, 5.41) is 0. The first-order valence-electron chi connectivity index (χ1n) is 10.5. The second-order valence-corrected chi connectivity index (χ2v) is 8.01. The third-order valence-electron chi connectivity index (χ3n) is 5.99. The Balaban J connectivity index is 0.929. The van der Waals surface area contributed by atoms with E-state index in [4.69, 9.17) is 28.4 Å². The number of fused-ring (bicyclic) bond motifs is 2. The molecule has 8 nitrogen and oxygen atoms in total. The molecule has 6 atom stereocenters. The Morgan fingerprint density at radius 3 is 1.46 bits per heavy atom. The number of epoxide rings is 2. The first-order valence-corrected chi connectivity index (χ1v) is 10.5. The number of rotatable bonds is 11. The van der Waals surface area contributed by atoms with Crippen molar-refractivity contribution in [2.45, 2.75) is 62.9 Å². The highest BCUT2D eigenvalue weighted by Gasteiger charge is 2.46. The van der Waals surface area contributed by atoms with Crippen LogP contribution in [-0.2, 0) is 38.0 Å². The van der Waals surface area contributed by atoms with Crippen LogP contribution in [0.5, 0.6) is 0 Å². The van der Waals surface area contributed by atoms with Gasteiger partial charge in [0.25, 0.3) is 0 Å². The summed E-state index contributed by atoms with van der Waals surface area (Å²) in [6.45, 7) is 2.05. The Hall–Kier alpha value is -1.22. The lowest BCUT2D eigenvalue weighted by Gasteiger charge is -2.17. The van der Waals surface area contributed by atoms with Crippen LogP contribution in [-0.4, -0.2) is 76.0 Å². The lowest BCUT2D eigenvalue weighted by atomic mass is 9.89. The van der Waals surface area contributed by atoms with Gasteiger partial charge in [0.05, 0.1) is 62.7 Å². The van der Waals surface area contributed by atoms with E-state index in [2.05, 4.69) is 0 Å². The van der Waals surface area contributed by atoms with Crippen molar-refractivity contribution in [3.05, 3.63) is 0 Å². The zero-order valence-electron chi connectivity index (χ0n) is 16.2. The van der Waals surface area contributed by atoms with Gasteiger partial charge in [0.1, 0.15) is 13.2 Å². The zero-order valence-corrected chi connectivity index (χ0v) is 16.2. The molecule has 4 fully saturated rings. The molecule has 0 spiro atoms. The van der Waals surface area contributed by atoms with E-state index in [0.29, 0.717) is 38.6 Å². The largest absolute Gasteiger partial charge is 0.463 e. The molecule has 4 rings (SSSR count). The molecule has 28 heavy (non-hydrogen) atoms. The highest BCUT2D eigenvalue weighted by atomic mass is 16.6. The van der Waals surface area contributed by atoms with Gasteiger partial charge in [-0.3, -0.25) is 9.59 Å². The van der Waals surface area contributed by atoms with Gasteiger partial charge in [-0.15, -0.1) is 0 Å². The summed E-state index contributed by atoms with van der Waals surface area (Å²) in [7, 11) is 0. The molecule has 0 N–H and O–H groups in total. The van der Waals surface area contributed by atoms with Gasteiger partial charge in [0, 0.05) is 0 Å². The number of ether oxygens (including phenoxy) is 6. The van der Waals surface area contributed by atoms with Crippen LogP contribution in [0.25, 0.3) is 0 Å². The summed E-state index contributed by atoms with van der Waals surface area (Å²) < 4.78 is 32.2. The third-order valence-corrected chi connectivity index (χ3v) is 5.99. The van der Waals surface area contributed by atoms with E-state index in [1.807, 2.05) is 0 Å². The van der Waals surface area contributed by atoms with E-state index in [0.717, 1.165) is 38.5 Å². The minimum Gasteiger partial charge on any atom is -0.463 e. The summed E-state index contributed by atoms with van der Waals surface area (Å²) in [5.41, 5.74) is 0. The predicted molar refractivity (Wildman–Crippen MR) is 95.6 cm³/mol. The number of hydrogen-bond acceptors (Lipinski definition) is 8. The van der Waals surface area contributed by atoms with Gasteiger partial charge < -0.3 is 28.4 Å². The number of carbonyl (C=O) groups is 2. The maximum absolute atomic E-state index is 12.0. The van der Waals surface area contributed by atoms with Gasteiger partial charge >= 0.3 is 11.9 Å². The van der Waals surface area contributed by atoms with Crippen molar-refractivity contribution in [1.29, 1.82) is 0 Å². The van der Waals surface area contributed by atoms with Crippen molar-refractivity contribution in [1.82, 2.24) is 0 Å². The van der Waals surface area contributed by atoms with Gasteiger partial charge in [0.15, 0.2) is 0 Å². The van der Waals surface area contributed by atoms with Gasteiger partial charge in [-0.05, 0) is 38.5 Å². The quantitative estimate of drug-likeness (QED) is 0.291. The summed E-state index contributed by atoms with van der Waals surface area (Å²) in [5.74, 6) is -0.335. The molecule has 0 bridgehead atoms. The third kappa shape index (κ3) is 5.65. The molecule has 2 saturated carbocycles. The normalized spacial score (nSPS) is 35.4. The molecule has 6 unspecified atom stereocenters. The highest BCUT2D eigenvalue weighted by molar-refractivity contribution is 5.73. The Bertz CT molecular complexity index is 504. The zero-order chi connectivity index (χ0) is 19.3. The molecule has 0 amide bonds. The molecule has 0 radical (unpaired) electrons. The lowest BCUT2D eigenvalue weighted by molar-refractivity contribution is -0.152. The summed E-state index contributed by atoms with van der Waals surface area (Å²) in [6.07, 6.45) is 6.56. The van der Waals surface area contributed by atoms with Crippen molar-refractivity contribution >= 4 is 11.9 Å². The van der Waals surface area contributed by atoms with E-state index in [9.17, 15) is 9.59 Å². The Kier molecular flexibility index (Phi) is 6.82. The SMILES string of the molecule is O=C(OCCOCCOCCOC(=O)C1CCC2OC2C1)C1CCC2OC2C1. The van der Waals surface area contributed by atoms with E-state index < -0.39 is 0 Å². The molecular weight excluding hydrogens is 368 g/mol. The van der Waals surface area contributed by atoms with Crippen LogP contribution < -0.4 is 0 Å². The first-order chi connectivity index (χ1) is 13.7. The van der Waals surface area contributed by atoms with Crippen LogP contribution in [0.4, 0.5) is 0 Å². The minimum atomic E-state index is -0.141. The van der Waals surface area contributed by atoms with Crippen LogP contribution in [0.15, 0.2) is 0 Å². The molecular formula is C20H30O8. The first kappa shape index (κ1) is 20.1. The topological polar surface area (TPSA) is 96.1 Å². The summed E-state index contributed by atoms with van der Waals surface area (Å²) in [6, 6.07) is 0. The molecule has 2 aliphatic carbocycles. The minimum absolute atomic E-state index is 0.0263. The van der Waals surface area contributed by atoms with Crippen LogP contribution in [0.2, 0.25) is 0 Å². The van der Waals surface area contributed by atoms with Crippen LogP contribution in [0.3, 0.4) is 0 Å². The van der Waals surface area contributed by atoms with Gasteiger partial charge in [0.2, 0.25) is 0 Å². The fourth-order valence-corrected chi connectivity index (χ4v) is 4.20. The Morgan fingerprint density at radius 1 is 0.607 bits per heavy atom. The standard InChI is InChI=1S/C20H30O8/c21-19(13-1-3-15-17(11-13)27-15)25-9-7-23-5-6-24-8-10-26-20(22)14-2-4-16-18(12-14)28-16/h13-18H,1-12H2. The molecule has 2 heterocycles. The molecule has 2 saturated heterocycles. The predicted octanol–water partition coefficient (Wildman–Crippen LogP) is 1.24. The average molecular weight is 398 g/mol. The highest BCUT2D eigenvalue weighted by Crippen LogP contribution is 2.40. The second kappa shape index (κ2) is 9.52. The van der Waals surface area contributed by atoms with Crippen LogP contribution >= 0.6 is 0 Å². The molecule has 158 valence electrons. The van der Waals surface area contributed by atoms with Crippen molar-refractivity contribution in [3.63, 3.8) is 0 Å². The van der Waals surface area contributed by atoms with Crippen molar-refractivity contribution in [2.75, 3.05) is 39.6 Å². The van der Waals surface area contributed by atoms with E-state index in [1.54, 1.807) is 0 Å². The van der Waals surface area contributed by atoms with Gasteiger partial charge in [-0.1, -0.05) is 0 Å². The maximum Gasteiger partial charge on any atom is 0.309 e. The van der Waals surface area contributed by atoms with Crippen molar-refractivity contribution in [3.8, 4) is 0 Å². The Morgan fingerprint density at radius 2 is 1.04 bits per heavy atom. The molecule has 4 aliphatic rings. The second-order valence-electron chi connectivity index (χ2n) is 8.01. The Labute approximate surface area is 165 Å². The molecule has 2 aliphatic heterocycles. The average Bonchev–Trinajstić information content (AvgIpc) is 3.61. The fourth-order valence-electron chi connectivity index (χ4n) is 4.20. The van der Waals surface area contributed by atoms with E-state index in [1.165, 1.54) is 0 Å². The summed E-state index contributed by atoms with van der Waals surface area (Å²) >= 11 is 0. The van der Waals surface area contributed by atoms with Crippen LogP contribution in [0, 0.1) is 11.8 Å². The molecule has 0 aromatic rings. The van der Waals surface area contributed by atoms with Crippen LogP contribution in [0.1, 0.15) is 38.5 Å². The molecule has 8 heteroatoms. The molecule has 0 aromatic heterocycles. The number of carbonyl (C=O) groups excluding carboxylic acids is 2. The van der Waals surface area contributed by atoms with Crippen molar-refractivity contribution < 1.29 is 38.0 Å². The monoisotopic (exact) mass is 398 g/mol.